The summed E-state index contributed by atoms with van der Waals surface area (Å²) in [6, 6.07) is 13.8. The van der Waals surface area contributed by atoms with Crippen molar-refractivity contribution < 1.29 is 17.5 Å². The number of benzene rings is 2. The van der Waals surface area contributed by atoms with Gasteiger partial charge in [0, 0.05) is 19.8 Å². The van der Waals surface area contributed by atoms with Gasteiger partial charge < -0.3 is 4.74 Å². The molecule has 1 aliphatic rings. The number of ether oxygens (including phenoxy) is 1. The third-order valence-corrected chi connectivity index (χ3v) is 7.66. The zero-order chi connectivity index (χ0) is 23.4. The first-order valence-corrected chi connectivity index (χ1v) is 12.8. The maximum Gasteiger partial charge on any atom is 0.243 e. The van der Waals surface area contributed by atoms with E-state index in [1.165, 1.54) is 22.6 Å². The standard InChI is InChI=1S/C25H30FN3O3S/c1-3-7-19-13-20-14-24(26)25(15-23(20)22(19)12-18-8-5-4-6-9-18)32-11-10-28-33(30,31)21-16-27-29(2)17-21/h4-6,8-9,14-17,19,22,28H,3,7,10-13H2,1-2H3. The Kier molecular flexibility index (Phi) is 7.14. The molecule has 8 heteroatoms. The molecule has 0 saturated heterocycles. The van der Waals surface area contributed by atoms with Crippen molar-refractivity contribution in [1.29, 1.82) is 0 Å². The smallest absolute Gasteiger partial charge is 0.243 e. The summed E-state index contributed by atoms with van der Waals surface area (Å²) in [7, 11) is -2.03. The van der Waals surface area contributed by atoms with Gasteiger partial charge >= 0.3 is 0 Å². The molecule has 0 saturated carbocycles. The van der Waals surface area contributed by atoms with Gasteiger partial charge in [-0.15, -0.1) is 0 Å². The third-order valence-electron chi connectivity index (χ3n) is 6.25. The molecule has 1 aliphatic carbocycles. The molecular weight excluding hydrogens is 441 g/mol. The number of halogens is 1. The highest BCUT2D eigenvalue weighted by molar-refractivity contribution is 7.89. The van der Waals surface area contributed by atoms with E-state index in [-0.39, 0.29) is 23.8 Å². The van der Waals surface area contributed by atoms with Gasteiger partial charge in [-0.05, 0) is 59.9 Å². The van der Waals surface area contributed by atoms with Gasteiger partial charge in [0.15, 0.2) is 11.6 Å². The molecule has 1 aromatic heterocycles. The lowest BCUT2D eigenvalue weighted by molar-refractivity contribution is 0.305. The summed E-state index contributed by atoms with van der Waals surface area (Å²) in [5.74, 6) is 0.560. The summed E-state index contributed by atoms with van der Waals surface area (Å²) >= 11 is 0. The van der Waals surface area contributed by atoms with E-state index < -0.39 is 15.8 Å². The molecule has 0 fully saturated rings. The van der Waals surface area contributed by atoms with Gasteiger partial charge in [-0.25, -0.2) is 17.5 Å². The van der Waals surface area contributed by atoms with Crippen LogP contribution in [0.15, 0.2) is 59.8 Å². The van der Waals surface area contributed by atoms with E-state index in [4.69, 9.17) is 4.74 Å². The fourth-order valence-corrected chi connectivity index (χ4v) is 5.69. The number of rotatable bonds is 10. The van der Waals surface area contributed by atoms with E-state index in [9.17, 15) is 12.8 Å². The van der Waals surface area contributed by atoms with Crippen molar-refractivity contribution in [1.82, 2.24) is 14.5 Å². The number of nitrogens with zero attached hydrogens (tertiary/aromatic N) is 2. The molecule has 1 N–H and O–H groups in total. The number of hydrogen-bond acceptors (Lipinski definition) is 4. The molecule has 0 radical (unpaired) electrons. The van der Waals surface area contributed by atoms with Crippen LogP contribution in [0.25, 0.3) is 0 Å². The number of nitrogens with one attached hydrogen (secondary N) is 1. The molecule has 0 bridgehead atoms. The van der Waals surface area contributed by atoms with Gasteiger partial charge in [-0.3, -0.25) is 4.68 Å². The quantitative estimate of drug-likeness (QED) is 0.450. The molecular formula is C25H30FN3O3S. The van der Waals surface area contributed by atoms with E-state index in [2.05, 4.69) is 28.9 Å². The predicted molar refractivity (Wildman–Crippen MR) is 125 cm³/mol. The lowest BCUT2D eigenvalue weighted by Crippen LogP contribution is -2.28. The molecule has 6 nitrogen and oxygen atoms in total. The topological polar surface area (TPSA) is 73.2 Å². The zero-order valence-corrected chi connectivity index (χ0v) is 19.8. The van der Waals surface area contributed by atoms with Gasteiger partial charge in [0.2, 0.25) is 10.0 Å². The van der Waals surface area contributed by atoms with Gasteiger partial charge in [0.05, 0.1) is 6.20 Å². The molecule has 33 heavy (non-hydrogen) atoms. The number of fused-ring (bicyclic) bond motifs is 1. The second-order valence-corrected chi connectivity index (χ2v) is 10.4. The number of aryl methyl sites for hydroxylation is 1. The van der Waals surface area contributed by atoms with Crippen molar-refractivity contribution >= 4 is 10.0 Å². The van der Waals surface area contributed by atoms with E-state index in [1.807, 2.05) is 24.3 Å². The molecule has 4 rings (SSSR count). The van der Waals surface area contributed by atoms with E-state index in [1.54, 1.807) is 13.1 Å². The SMILES string of the molecule is CCCC1Cc2cc(F)c(OCCNS(=O)(=O)c3cnn(C)c3)cc2C1Cc1ccccc1. The molecule has 3 aromatic rings. The fourth-order valence-electron chi connectivity index (χ4n) is 4.70. The summed E-state index contributed by atoms with van der Waals surface area (Å²) in [5.41, 5.74) is 3.47. The van der Waals surface area contributed by atoms with Gasteiger partial charge in [0.1, 0.15) is 11.5 Å². The Morgan fingerprint density at radius 3 is 2.73 bits per heavy atom. The molecule has 0 amide bonds. The molecule has 2 unspecified atom stereocenters. The summed E-state index contributed by atoms with van der Waals surface area (Å²) in [4.78, 5) is 0.0828. The molecule has 0 spiro atoms. The van der Waals surface area contributed by atoms with E-state index in [0.717, 1.165) is 36.8 Å². The Hall–Kier alpha value is -2.71. The Morgan fingerprint density at radius 2 is 2.03 bits per heavy atom. The summed E-state index contributed by atoms with van der Waals surface area (Å²) in [5, 5.41) is 3.88. The molecule has 1 heterocycles. The third kappa shape index (κ3) is 5.45. The van der Waals surface area contributed by atoms with Gasteiger partial charge in [0.25, 0.3) is 0 Å². The van der Waals surface area contributed by atoms with E-state index >= 15 is 0 Å². The minimum atomic E-state index is -3.68. The van der Waals surface area contributed by atoms with Crippen molar-refractivity contribution in [2.45, 2.75) is 43.4 Å². The lowest BCUT2D eigenvalue weighted by atomic mass is 9.84. The Morgan fingerprint density at radius 1 is 1.24 bits per heavy atom. The van der Waals surface area contributed by atoms with Crippen LogP contribution in [-0.2, 0) is 29.9 Å². The maximum atomic E-state index is 14.8. The second-order valence-electron chi connectivity index (χ2n) is 8.63. The van der Waals surface area contributed by atoms with Crippen molar-refractivity contribution in [2.75, 3.05) is 13.2 Å². The minimum absolute atomic E-state index is 0.0247. The number of sulfonamides is 1. The second kappa shape index (κ2) is 10.1. The molecule has 2 aromatic carbocycles. The largest absolute Gasteiger partial charge is 0.489 e. The summed E-state index contributed by atoms with van der Waals surface area (Å²) in [6.07, 6.45) is 6.68. The van der Waals surface area contributed by atoms with Gasteiger partial charge in [-0.2, -0.15) is 5.10 Å². The highest BCUT2D eigenvalue weighted by Crippen LogP contribution is 2.44. The zero-order valence-electron chi connectivity index (χ0n) is 19.0. The van der Waals surface area contributed by atoms with Crippen molar-refractivity contribution in [3.8, 4) is 5.75 Å². The van der Waals surface area contributed by atoms with Crippen LogP contribution in [0.3, 0.4) is 0 Å². The maximum absolute atomic E-state index is 14.8. The predicted octanol–water partition coefficient (Wildman–Crippen LogP) is 4.22. The first kappa shape index (κ1) is 23.4. The normalized spacial score (nSPS) is 17.8. The Balaban J connectivity index is 1.45. The van der Waals surface area contributed by atoms with Crippen molar-refractivity contribution in [3.63, 3.8) is 0 Å². The molecule has 2 atom stereocenters. The summed E-state index contributed by atoms with van der Waals surface area (Å²) < 4.78 is 48.9. The Labute approximate surface area is 194 Å². The van der Waals surface area contributed by atoms with Crippen LogP contribution in [0.2, 0.25) is 0 Å². The highest BCUT2D eigenvalue weighted by Gasteiger charge is 2.33. The van der Waals surface area contributed by atoms with Crippen LogP contribution in [-0.4, -0.2) is 31.3 Å². The first-order valence-electron chi connectivity index (χ1n) is 11.3. The van der Waals surface area contributed by atoms with Crippen LogP contribution in [0.4, 0.5) is 4.39 Å². The van der Waals surface area contributed by atoms with Crippen LogP contribution >= 0.6 is 0 Å². The van der Waals surface area contributed by atoms with Crippen LogP contribution in [0.1, 0.15) is 42.4 Å². The number of aromatic nitrogens is 2. The molecule has 176 valence electrons. The average Bonchev–Trinajstić information content (AvgIpc) is 3.37. The Bertz CT molecular complexity index is 1190. The van der Waals surface area contributed by atoms with Crippen LogP contribution in [0.5, 0.6) is 5.75 Å². The van der Waals surface area contributed by atoms with Crippen molar-refractivity contribution in [3.05, 3.63) is 77.4 Å². The lowest BCUT2D eigenvalue weighted by Gasteiger charge is -2.21. The van der Waals surface area contributed by atoms with Crippen LogP contribution in [0, 0.1) is 11.7 Å². The van der Waals surface area contributed by atoms with Crippen molar-refractivity contribution in [2.24, 2.45) is 13.0 Å². The average molecular weight is 472 g/mol. The first-order chi connectivity index (χ1) is 15.9. The number of hydrogen-bond donors (Lipinski definition) is 1. The molecule has 0 aliphatic heterocycles. The highest BCUT2D eigenvalue weighted by atomic mass is 32.2. The summed E-state index contributed by atoms with van der Waals surface area (Å²) in [6.45, 7) is 2.24. The van der Waals surface area contributed by atoms with Crippen LogP contribution < -0.4 is 9.46 Å². The monoisotopic (exact) mass is 471 g/mol. The van der Waals surface area contributed by atoms with Gasteiger partial charge in [-0.1, -0.05) is 43.7 Å². The minimum Gasteiger partial charge on any atom is -0.489 e. The van der Waals surface area contributed by atoms with E-state index in [0.29, 0.717) is 11.8 Å². The fraction of sp³-hybridized carbons (Fsp3) is 0.400.